The maximum Gasteiger partial charge on any atom is 0.270 e. The van der Waals surface area contributed by atoms with Gasteiger partial charge in [-0.3, -0.25) is 14.9 Å². The third-order valence-electron chi connectivity index (χ3n) is 2.36. The highest BCUT2D eigenvalue weighted by molar-refractivity contribution is 6.34. The van der Waals surface area contributed by atoms with E-state index in [0.29, 0.717) is 0 Å². The molecule has 1 amide bonds. The van der Waals surface area contributed by atoms with E-state index in [4.69, 9.17) is 11.6 Å². The van der Waals surface area contributed by atoms with Crippen LogP contribution in [0.4, 0.5) is 15.9 Å². The van der Waals surface area contributed by atoms with Crippen LogP contribution < -0.4 is 5.32 Å². The number of non-ortho nitro benzene ring substituents is 1. The largest absolute Gasteiger partial charge is 0.306 e. The van der Waals surface area contributed by atoms with Gasteiger partial charge < -0.3 is 5.32 Å². The molecule has 0 spiro atoms. The summed E-state index contributed by atoms with van der Waals surface area (Å²) in [6.45, 7) is 0. The minimum atomic E-state index is -0.738. The van der Waals surface area contributed by atoms with Crippen LogP contribution in [0.5, 0.6) is 0 Å². The fourth-order valence-corrected chi connectivity index (χ4v) is 1.72. The summed E-state index contributed by atoms with van der Waals surface area (Å²) in [4.78, 5) is 25.3. The summed E-state index contributed by atoms with van der Waals surface area (Å²) in [6, 6.07) is 7.36. The maximum atomic E-state index is 12.9. The quantitative estimate of drug-likeness (QED) is 0.536. The van der Waals surface area contributed by atoms with E-state index in [0.717, 1.165) is 18.2 Å². The van der Waals surface area contributed by atoms with Crippen LogP contribution in [0.15, 0.2) is 36.4 Å². The first-order chi connectivity index (χ1) is 9.47. The van der Waals surface area contributed by atoms with Crippen LogP contribution in [0, 0.1) is 16.1 Å². The summed E-state index contributed by atoms with van der Waals surface area (Å²) in [7, 11) is 0. The minimum absolute atomic E-state index is 0.0180. The second-order valence-corrected chi connectivity index (χ2v) is 4.13. The van der Waals surface area contributed by atoms with Crippen LogP contribution in [-0.4, -0.2) is 15.8 Å². The molecule has 0 aliphatic carbocycles. The van der Waals surface area contributed by atoms with E-state index >= 15 is 0 Å². The molecule has 0 saturated carbocycles. The lowest BCUT2D eigenvalue weighted by Crippen LogP contribution is -2.13. The first kappa shape index (κ1) is 13.9. The molecule has 0 bridgehead atoms. The van der Waals surface area contributed by atoms with E-state index in [-0.39, 0.29) is 22.1 Å². The molecule has 0 atom stereocenters. The van der Waals surface area contributed by atoms with Crippen molar-refractivity contribution in [2.75, 3.05) is 5.32 Å². The Kier molecular flexibility index (Phi) is 3.90. The Morgan fingerprint density at radius 1 is 1.35 bits per heavy atom. The predicted octanol–water partition coefficient (Wildman–Crippen LogP) is 3.03. The predicted molar refractivity (Wildman–Crippen MR) is 70.3 cm³/mol. The number of nitrogens with one attached hydrogen (secondary N) is 1. The molecular formula is C12H7ClFN3O3. The van der Waals surface area contributed by atoms with E-state index in [1.807, 2.05) is 0 Å². The zero-order valence-corrected chi connectivity index (χ0v) is 10.6. The minimum Gasteiger partial charge on any atom is -0.306 e. The Bertz CT molecular complexity index is 693. The first-order valence-corrected chi connectivity index (χ1v) is 5.73. The molecule has 2 aromatic rings. The Hall–Kier alpha value is -2.54. The van der Waals surface area contributed by atoms with Crippen LogP contribution >= 0.6 is 11.6 Å². The monoisotopic (exact) mass is 295 g/mol. The number of rotatable bonds is 3. The molecule has 2 rings (SSSR count). The summed E-state index contributed by atoms with van der Waals surface area (Å²) >= 11 is 5.81. The highest BCUT2D eigenvalue weighted by Crippen LogP contribution is 2.23. The third kappa shape index (κ3) is 3.07. The third-order valence-corrected chi connectivity index (χ3v) is 2.68. The summed E-state index contributed by atoms with van der Waals surface area (Å²) in [6.07, 6.45) is 0. The second-order valence-electron chi connectivity index (χ2n) is 3.72. The molecule has 6 nitrogen and oxygen atoms in total. The van der Waals surface area contributed by atoms with Gasteiger partial charge in [-0.25, -0.2) is 4.98 Å². The molecule has 0 aliphatic rings. The van der Waals surface area contributed by atoms with Crippen molar-refractivity contribution < 1.29 is 14.1 Å². The Morgan fingerprint density at radius 3 is 2.70 bits per heavy atom. The van der Waals surface area contributed by atoms with Gasteiger partial charge in [0.15, 0.2) is 0 Å². The molecule has 1 aromatic carbocycles. The normalized spacial score (nSPS) is 10.1. The van der Waals surface area contributed by atoms with Crippen molar-refractivity contribution in [1.82, 2.24) is 4.98 Å². The van der Waals surface area contributed by atoms with Crippen LogP contribution in [-0.2, 0) is 0 Å². The number of amides is 1. The zero-order chi connectivity index (χ0) is 14.7. The van der Waals surface area contributed by atoms with Crippen molar-refractivity contribution in [2.24, 2.45) is 0 Å². The average Bonchev–Trinajstić information content (AvgIpc) is 2.38. The summed E-state index contributed by atoms with van der Waals surface area (Å²) in [5.74, 6) is -1.36. The van der Waals surface area contributed by atoms with Gasteiger partial charge in [-0.15, -0.1) is 0 Å². The molecular weight excluding hydrogens is 289 g/mol. The molecule has 102 valence electrons. The number of halogens is 2. The molecule has 0 fully saturated rings. The van der Waals surface area contributed by atoms with Crippen LogP contribution in [0.3, 0.4) is 0 Å². The average molecular weight is 296 g/mol. The molecule has 1 heterocycles. The summed E-state index contributed by atoms with van der Waals surface area (Å²) < 4.78 is 12.9. The standard InChI is InChI=1S/C12H7ClFN3O3/c13-9-6-7(17(19)20)4-5-8(9)12(18)16-11-3-1-2-10(14)15-11/h1-6H,(H,15,16,18). The SMILES string of the molecule is O=C(Nc1cccc(F)n1)c1ccc([N+](=O)[O-])cc1Cl. The molecule has 20 heavy (non-hydrogen) atoms. The highest BCUT2D eigenvalue weighted by Gasteiger charge is 2.15. The summed E-state index contributed by atoms with van der Waals surface area (Å²) in [5, 5.41) is 12.8. The maximum absolute atomic E-state index is 12.9. The van der Waals surface area contributed by atoms with E-state index < -0.39 is 16.8 Å². The smallest absolute Gasteiger partial charge is 0.270 e. The first-order valence-electron chi connectivity index (χ1n) is 5.35. The Balaban J connectivity index is 2.23. The van der Waals surface area contributed by atoms with Crippen molar-refractivity contribution >= 4 is 29.0 Å². The Labute approximate surface area is 117 Å². The lowest BCUT2D eigenvalue weighted by molar-refractivity contribution is -0.384. The number of benzene rings is 1. The molecule has 8 heteroatoms. The Morgan fingerprint density at radius 2 is 2.10 bits per heavy atom. The van der Waals surface area contributed by atoms with Gasteiger partial charge >= 0.3 is 0 Å². The van der Waals surface area contributed by atoms with Crippen molar-refractivity contribution in [2.45, 2.75) is 0 Å². The number of aromatic nitrogens is 1. The molecule has 0 radical (unpaired) electrons. The van der Waals surface area contributed by atoms with Crippen LogP contribution in [0.1, 0.15) is 10.4 Å². The van der Waals surface area contributed by atoms with Crippen molar-refractivity contribution in [3.05, 3.63) is 63.0 Å². The van der Waals surface area contributed by atoms with Gasteiger partial charge in [0.25, 0.3) is 11.6 Å². The van der Waals surface area contributed by atoms with Crippen molar-refractivity contribution in [3.63, 3.8) is 0 Å². The van der Waals surface area contributed by atoms with Gasteiger partial charge in [-0.2, -0.15) is 4.39 Å². The number of anilines is 1. The zero-order valence-electron chi connectivity index (χ0n) is 9.84. The fraction of sp³-hybridized carbons (Fsp3) is 0. The second kappa shape index (κ2) is 5.62. The number of pyridine rings is 1. The van der Waals surface area contributed by atoms with Gasteiger partial charge in [0.05, 0.1) is 15.5 Å². The van der Waals surface area contributed by atoms with Crippen molar-refractivity contribution in [1.29, 1.82) is 0 Å². The molecule has 1 N–H and O–H groups in total. The molecule has 0 aliphatic heterocycles. The van der Waals surface area contributed by atoms with E-state index in [1.54, 1.807) is 0 Å². The molecule has 0 saturated heterocycles. The van der Waals surface area contributed by atoms with E-state index in [1.165, 1.54) is 18.2 Å². The van der Waals surface area contributed by atoms with E-state index in [2.05, 4.69) is 10.3 Å². The molecule has 1 aromatic heterocycles. The molecule has 0 unspecified atom stereocenters. The van der Waals surface area contributed by atoms with Gasteiger partial charge in [0.2, 0.25) is 5.95 Å². The summed E-state index contributed by atoms with van der Waals surface area (Å²) in [5.41, 5.74) is -0.196. The van der Waals surface area contributed by atoms with Gasteiger partial charge in [0, 0.05) is 12.1 Å². The van der Waals surface area contributed by atoms with Crippen LogP contribution in [0.2, 0.25) is 5.02 Å². The van der Waals surface area contributed by atoms with E-state index in [9.17, 15) is 19.3 Å². The number of nitro groups is 1. The lowest BCUT2D eigenvalue weighted by atomic mass is 10.2. The topological polar surface area (TPSA) is 85.1 Å². The number of nitrogens with zero attached hydrogens (tertiary/aromatic N) is 2. The number of nitro benzene ring substituents is 1. The van der Waals surface area contributed by atoms with Gasteiger partial charge in [-0.1, -0.05) is 17.7 Å². The number of carbonyl (C=O) groups excluding carboxylic acids is 1. The van der Waals surface area contributed by atoms with Crippen molar-refractivity contribution in [3.8, 4) is 0 Å². The highest BCUT2D eigenvalue weighted by atomic mass is 35.5. The number of carbonyl (C=O) groups is 1. The number of hydrogen-bond donors (Lipinski definition) is 1. The lowest BCUT2D eigenvalue weighted by Gasteiger charge is -2.05. The number of hydrogen-bond acceptors (Lipinski definition) is 4. The van der Waals surface area contributed by atoms with Gasteiger partial charge in [0.1, 0.15) is 5.82 Å². The van der Waals surface area contributed by atoms with Crippen LogP contribution in [0.25, 0.3) is 0 Å². The fourth-order valence-electron chi connectivity index (χ4n) is 1.46. The van der Waals surface area contributed by atoms with Gasteiger partial charge in [-0.05, 0) is 18.2 Å².